The summed E-state index contributed by atoms with van der Waals surface area (Å²) in [5.41, 5.74) is 0.739. The van der Waals surface area contributed by atoms with E-state index in [0.717, 1.165) is 0 Å². The first kappa shape index (κ1) is 19.6. The van der Waals surface area contributed by atoms with Crippen molar-refractivity contribution in [1.82, 2.24) is 5.32 Å². The molecule has 0 radical (unpaired) electrons. The van der Waals surface area contributed by atoms with Gasteiger partial charge < -0.3 is 15.2 Å². The van der Waals surface area contributed by atoms with Crippen LogP contribution in [0.25, 0.3) is 0 Å². The lowest BCUT2D eigenvalue weighted by Crippen LogP contribution is -2.41. The molecule has 1 unspecified atom stereocenters. The van der Waals surface area contributed by atoms with Gasteiger partial charge in [-0.3, -0.25) is 4.79 Å². The normalized spacial score (nSPS) is 11.0. The summed E-state index contributed by atoms with van der Waals surface area (Å²) in [4.78, 5) is 24.4. The molecule has 2 rings (SSSR count). The van der Waals surface area contributed by atoms with Crippen LogP contribution < -0.4 is 5.32 Å². The molecule has 0 aliphatic carbocycles. The molecule has 0 bridgehead atoms. The lowest BCUT2D eigenvalue weighted by Gasteiger charge is -2.15. The second-order valence-electron chi connectivity index (χ2n) is 5.20. The third kappa shape index (κ3) is 5.16. The van der Waals surface area contributed by atoms with E-state index < -0.39 is 17.9 Å². The van der Waals surface area contributed by atoms with Gasteiger partial charge in [-0.25, -0.2) is 4.79 Å². The molecule has 134 valence electrons. The summed E-state index contributed by atoms with van der Waals surface area (Å²) < 4.78 is 4.71. The number of carbonyl (C=O) groups excluding carboxylic acids is 2. The average Bonchev–Trinajstić information content (AvgIpc) is 2.61. The Labute approximate surface area is 160 Å². The highest BCUT2D eigenvalue weighted by Crippen LogP contribution is 2.24. The Balaban J connectivity index is 2.14. The van der Waals surface area contributed by atoms with Gasteiger partial charge in [-0.05, 0) is 36.4 Å². The fourth-order valence-electron chi connectivity index (χ4n) is 2.08. The van der Waals surface area contributed by atoms with Crippen molar-refractivity contribution in [2.24, 2.45) is 0 Å². The van der Waals surface area contributed by atoms with Crippen LogP contribution in [0.3, 0.4) is 0 Å². The van der Waals surface area contributed by atoms with E-state index in [1.54, 1.807) is 18.2 Å². The molecular formula is C19H15Cl2NO4. The van der Waals surface area contributed by atoms with E-state index in [1.807, 2.05) is 0 Å². The van der Waals surface area contributed by atoms with Crippen LogP contribution in [0.5, 0.6) is 5.75 Å². The Kier molecular flexibility index (Phi) is 6.90. The van der Waals surface area contributed by atoms with Crippen molar-refractivity contribution in [3.05, 3.63) is 63.6 Å². The third-order valence-corrected chi connectivity index (χ3v) is 4.02. The number of phenols is 1. The van der Waals surface area contributed by atoms with Gasteiger partial charge in [0, 0.05) is 12.0 Å². The summed E-state index contributed by atoms with van der Waals surface area (Å²) in [7, 11) is 1.22. The van der Waals surface area contributed by atoms with Gasteiger partial charge in [0.05, 0.1) is 22.7 Å². The highest BCUT2D eigenvalue weighted by Gasteiger charge is 2.23. The molecular weight excluding hydrogens is 377 g/mol. The number of phenolic OH excluding ortho intramolecular Hbond substituents is 1. The SMILES string of the molecule is COC(=O)C(CC#Cc1ccc(O)cc1)NC(=O)c1c(Cl)cccc1Cl. The van der Waals surface area contributed by atoms with E-state index in [2.05, 4.69) is 17.2 Å². The minimum atomic E-state index is -0.982. The molecule has 0 saturated carbocycles. The van der Waals surface area contributed by atoms with Crippen LogP contribution in [0.4, 0.5) is 0 Å². The summed E-state index contributed by atoms with van der Waals surface area (Å²) in [5.74, 6) is 4.55. The molecule has 7 heteroatoms. The van der Waals surface area contributed by atoms with E-state index >= 15 is 0 Å². The van der Waals surface area contributed by atoms with Crippen molar-refractivity contribution in [2.45, 2.75) is 12.5 Å². The molecule has 2 aromatic carbocycles. The van der Waals surface area contributed by atoms with Gasteiger partial charge >= 0.3 is 5.97 Å². The maximum Gasteiger partial charge on any atom is 0.329 e. The smallest absolute Gasteiger partial charge is 0.329 e. The van der Waals surface area contributed by atoms with Crippen molar-refractivity contribution < 1.29 is 19.4 Å². The molecule has 0 spiro atoms. The average molecular weight is 392 g/mol. The number of halogens is 2. The maximum atomic E-state index is 12.4. The summed E-state index contributed by atoms with van der Waals surface area (Å²) in [6, 6.07) is 9.97. The number of nitrogens with one attached hydrogen (secondary N) is 1. The van der Waals surface area contributed by atoms with Crippen molar-refractivity contribution >= 4 is 35.1 Å². The van der Waals surface area contributed by atoms with Gasteiger partial charge in [-0.15, -0.1) is 0 Å². The number of ether oxygens (including phenoxy) is 1. The van der Waals surface area contributed by atoms with Gasteiger partial charge in [0.1, 0.15) is 11.8 Å². The fraction of sp³-hybridized carbons (Fsp3) is 0.158. The third-order valence-electron chi connectivity index (χ3n) is 3.39. The van der Waals surface area contributed by atoms with E-state index in [1.165, 1.54) is 31.4 Å². The largest absolute Gasteiger partial charge is 0.508 e. The van der Waals surface area contributed by atoms with Crippen LogP contribution in [-0.2, 0) is 9.53 Å². The molecule has 5 nitrogen and oxygen atoms in total. The predicted octanol–water partition coefficient (Wildman–Crippen LogP) is 3.41. The van der Waals surface area contributed by atoms with Gasteiger partial charge in [-0.1, -0.05) is 41.1 Å². The zero-order valence-corrected chi connectivity index (χ0v) is 15.3. The maximum absolute atomic E-state index is 12.4. The number of methoxy groups -OCH3 is 1. The van der Waals surface area contributed by atoms with Gasteiger partial charge in [0.25, 0.3) is 5.91 Å². The molecule has 26 heavy (non-hydrogen) atoms. The minimum absolute atomic E-state index is 0.0291. The number of aromatic hydroxyl groups is 1. The Morgan fingerprint density at radius 2 is 1.77 bits per heavy atom. The number of hydrogen-bond acceptors (Lipinski definition) is 4. The highest BCUT2D eigenvalue weighted by atomic mass is 35.5. The molecule has 0 aliphatic rings. The minimum Gasteiger partial charge on any atom is -0.508 e. The van der Waals surface area contributed by atoms with Crippen molar-refractivity contribution in [2.75, 3.05) is 7.11 Å². The Morgan fingerprint density at radius 3 is 2.35 bits per heavy atom. The summed E-state index contributed by atoms with van der Waals surface area (Å²) in [6.45, 7) is 0. The number of amides is 1. The predicted molar refractivity (Wildman–Crippen MR) is 99.3 cm³/mol. The molecule has 0 fully saturated rings. The molecule has 1 atom stereocenters. The molecule has 1 amide bonds. The summed E-state index contributed by atoms with van der Waals surface area (Å²) in [6.07, 6.45) is 0.0291. The molecule has 0 aliphatic heterocycles. The molecule has 2 N–H and O–H groups in total. The Morgan fingerprint density at radius 1 is 1.15 bits per heavy atom. The molecule has 2 aromatic rings. The lowest BCUT2D eigenvalue weighted by atomic mass is 10.1. The highest BCUT2D eigenvalue weighted by molar-refractivity contribution is 6.39. The zero-order valence-electron chi connectivity index (χ0n) is 13.8. The number of carbonyl (C=O) groups is 2. The number of rotatable bonds is 4. The molecule has 0 heterocycles. The van der Waals surface area contributed by atoms with Crippen LogP contribution in [0.1, 0.15) is 22.3 Å². The van der Waals surface area contributed by atoms with E-state index in [-0.39, 0.29) is 27.8 Å². The van der Waals surface area contributed by atoms with E-state index in [9.17, 15) is 14.7 Å². The van der Waals surface area contributed by atoms with Crippen molar-refractivity contribution in [3.8, 4) is 17.6 Å². The first-order valence-corrected chi connectivity index (χ1v) is 8.28. The van der Waals surface area contributed by atoms with Crippen LogP contribution >= 0.6 is 23.2 Å². The first-order chi connectivity index (χ1) is 12.4. The molecule has 0 aromatic heterocycles. The standard InChI is InChI=1S/C19H15Cl2NO4/c1-26-19(25)16(7-2-4-12-8-10-13(23)11-9-12)22-18(24)17-14(20)5-3-6-15(17)21/h3,5-6,8-11,16,23H,7H2,1H3,(H,22,24). The quantitative estimate of drug-likeness (QED) is 0.618. The Bertz CT molecular complexity index is 849. The number of benzene rings is 2. The van der Waals surface area contributed by atoms with Gasteiger partial charge in [-0.2, -0.15) is 0 Å². The van der Waals surface area contributed by atoms with Crippen LogP contribution in [0.2, 0.25) is 10.0 Å². The van der Waals surface area contributed by atoms with Crippen molar-refractivity contribution in [1.29, 1.82) is 0 Å². The molecule has 0 saturated heterocycles. The second-order valence-corrected chi connectivity index (χ2v) is 6.01. The van der Waals surface area contributed by atoms with Crippen LogP contribution in [-0.4, -0.2) is 30.1 Å². The van der Waals surface area contributed by atoms with Gasteiger partial charge in [0.15, 0.2) is 0 Å². The van der Waals surface area contributed by atoms with Gasteiger partial charge in [0.2, 0.25) is 0 Å². The van der Waals surface area contributed by atoms with Crippen LogP contribution in [0.15, 0.2) is 42.5 Å². The number of hydrogen-bond donors (Lipinski definition) is 2. The summed E-state index contributed by atoms with van der Waals surface area (Å²) in [5, 5.41) is 12.1. The topological polar surface area (TPSA) is 75.6 Å². The fourth-order valence-corrected chi connectivity index (χ4v) is 2.65. The van der Waals surface area contributed by atoms with Crippen LogP contribution in [0, 0.1) is 11.8 Å². The lowest BCUT2D eigenvalue weighted by molar-refractivity contribution is -0.142. The number of esters is 1. The second kappa shape index (κ2) is 9.14. The van der Waals surface area contributed by atoms with E-state index in [4.69, 9.17) is 27.9 Å². The van der Waals surface area contributed by atoms with E-state index in [0.29, 0.717) is 5.56 Å². The Hall–Kier alpha value is -2.68. The monoisotopic (exact) mass is 391 g/mol. The zero-order chi connectivity index (χ0) is 19.1. The first-order valence-electron chi connectivity index (χ1n) is 7.53. The summed E-state index contributed by atoms with van der Waals surface area (Å²) >= 11 is 12.0. The van der Waals surface area contributed by atoms with Crippen molar-refractivity contribution in [3.63, 3.8) is 0 Å².